The van der Waals surface area contributed by atoms with Gasteiger partial charge in [-0.2, -0.15) is 0 Å². The van der Waals surface area contributed by atoms with Gasteiger partial charge in [-0.15, -0.1) is 0 Å². The molecule has 0 saturated carbocycles. The fraction of sp³-hybridized carbons (Fsp3) is 0.875. The predicted molar refractivity (Wildman–Crippen MR) is 41.0 cm³/mol. The first kappa shape index (κ1) is 9.47. The number of rotatable bonds is 5. The van der Waals surface area contributed by atoms with Crippen molar-refractivity contribution < 1.29 is 5.11 Å². The molecule has 2 nitrogen and oxygen atoms in total. The summed E-state index contributed by atoms with van der Waals surface area (Å²) in [7, 11) is 0. The molecule has 0 rings (SSSR count). The predicted octanol–water partition coefficient (Wildman–Crippen LogP) is 1.54. The minimum absolute atomic E-state index is 0.407. The molecule has 0 aliphatic rings. The van der Waals surface area contributed by atoms with Crippen LogP contribution in [0.15, 0.2) is 0 Å². The number of nitrogens with one attached hydrogen (secondary N) is 1. The molecular formula is C8H16NO-. The Balaban J connectivity index is 3.25. The summed E-state index contributed by atoms with van der Waals surface area (Å²) in [6.07, 6.45) is 3.87. The molecule has 0 aromatic rings. The third kappa shape index (κ3) is 5.60. The SMILES string of the molecule is CCCCC(C)CC(=N)[O-]. The average Bonchev–Trinajstić information content (AvgIpc) is 1.82. The Hall–Kier alpha value is -0.530. The first-order chi connectivity index (χ1) is 4.66. The quantitative estimate of drug-likeness (QED) is 0.459. The van der Waals surface area contributed by atoms with Crippen LogP contribution in [-0.2, 0) is 0 Å². The van der Waals surface area contributed by atoms with E-state index in [0.717, 1.165) is 6.42 Å². The van der Waals surface area contributed by atoms with Crippen molar-refractivity contribution >= 4 is 5.90 Å². The van der Waals surface area contributed by atoms with Gasteiger partial charge in [-0.3, -0.25) is 0 Å². The molecule has 1 atom stereocenters. The zero-order valence-corrected chi connectivity index (χ0v) is 6.81. The molecule has 1 unspecified atom stereocenters. The Kier molecular flexibility index (Phi) is 4.99. The second kappa shape index (κ2) is 5.27. The normalized spacial score (nSPS) is 13.0. The van der Waals surface area contributed by atoms with E-state index in [-0.39, 0.29) is 0 Å². The standard InChI is InChI=1S/C8H17NO/c1-3-4-5-7(2)6-8(9)10/h7H,3-6H2,1-2H3,(H2,9,10)/p-1. The Labute approximate surface area is 62.8 Å². The lowest BCUT2D eigenvalue weighted by atomic mass is 10.0. The smallest absolute Gasteiger partial charge is 0.0228 e. The molecule has 0 aliphatic heterocycles. The first-order valence-corrected chi connectivity index (χ1v) is 3.91. The van der Waals surface area contributed by atoms with Gasteiger partial charge in [-0.05, 0) is 18.2 Å². The molecule has 0 amide bonds. The zero-order valence-electron chi connectivity index (χ0n) is 6.81. The second-order valence-corrected chi connectivity index (χ2v) is 2.87. The van der Waals surface area contributed by atoms with Crippen LogP contribution >= 0.6 is 0 Å². The van der Waals surface area contributed by atoms with Crippen LogP contribution in [-0.4, -0.2) is 5.90 Å². The minimum atomic E-state index is -0.427. The van der Waals surface area contributed by atoms with Gasteiger partial charge in [0.05, 0.1) is 0 Å². The summed E-state index contributed by atoms with van der Waals surface area (Å²) >= 11 is 0. The van der Waals surface area contributed by atoms with Gasteiger partial charge in [0.15, 0.2) is 0 Å². The lowest BCUT2D eigenvalue weighted by molar-refractivity contribution is -0.221. The number of hydrogen-bond donors (Lipinski definition) is 1. The molecule has 0 radical (unpaired) electrons. The van der Waals surface area contributed by atoms with Gasteiger partial charge < -0.3 is 10.5 Å². The van der Waals surface area contributed by atoms with Crippen LogP contribution < -0.4 is 5.11 Å². The lowest BCUT2D eigenvalue weighted by Gasteiger charge is -2.13. The highest BCUT2D eigenvalue weighted by Crippen LogP contribution is 2.10. The summed E-state index contributed by atoms with van der Waals surface area (Å²) in [5, 5.41) is 17.0. The molecule has 60 valence electrons. The molecule has 1 N–H and O–H groups in total. The molecule has 0 spiro atoms. The van der Waals surface area contributed by atoms with Crippen molar-refractivity contribution in [2.75, 3.05) is 0 Å². The van der Waals surface area contributed by atoms with Gasteiger partial charge in [-0.1, -0.05) is 33.1 Å². The molecule has 0 aliphatic carbocycles. The Morgan fingerprint density at radius 2 is 2.20 bits per heavy atom. The highest BCUT2D eigenvalue weighted by Gasteiger charge is 1.98. The van der Waals surface area contributed by atoms with Gasteiger partial charge in [0.2, 0.25) is 0 Å². The Bertz CT molecular complexity index is 101. The molecule has 10 heavy (non-hydrogen) atoms. The molecule has 0 heterocycles. The van der Waals surface area contributed by atoms with Crippen molar-refractivity contribution in [1.82, 2.24) is 0 Å². The third-order valence-corrected chi connectivity index (χ3v) is 1.58. The van der Waals surface area contributed by atoms with Crippen molar-refractivity contribution in [3.63, 3.8) is 0 Å². The van der Waals surface area contributed by atoms with Crippen LogP contribution in [0.5, 0.6) is 0 Å². The summed E-state index contributed by atoms with van der Waals surface area (Å²) < 4.78 is 0. The summed E-state index contributed by atoms with van der Waals surface area (Å²) in [5.74, 6) is -0.0199. The summed E-state index contributed by atoms with van der Waals surface area (Å²) in [4.78, 5) is 0. The van der Waals surface area contributed by atoms with Crippen molar-refractivity contribution in [1.29, 1.82) is 5.41 Å². The number of unbranched alkanes of at least 4 members (excludes halogenated alkanes) is 1. The maximum atomic E-state index is 10.3. The molecule has 0 aromatic carbocycles. The summed E-state index contributed by atoms with van der Waals surface area (Å²) in [6.45, 7) is 4.16. The molecular weight excluding hydrogens is 126 g/mol. The van der Waals surface area contributed by atoms with Gasteiger partial charge in [0.25, 0.3) is 0 Å². The fourth-order valence-corrected chi connectivity index (χ4v) is 0.971. The minimum Gasteiger partial charge on any atom is -0.862 e. The highest BCUT2D eigenvalue weighted by atomic mass is 16.3. The summed E-state index contributed by atoms with van der Waals surface area (Å²) in [6, 6.07) is 0. The van der Waals surface area contributed by atoms with E-state index in [1.54, 1.807) is 0 Å². The van der Waals surface area contributed by atoms with Crippen LogP contribution in [0.25, 0.3) is 0 Å². The molecule has 0 fully saturated rings. The van der Waals surface area contributed by atoms with Crippen molar-refractivity contribution in [2.45, 2.75) is 39.5 Å². The van der Waals surface area contributed by atoms with E-state index in [1.165, 1.54) is 12.8 Å². The van der Waals surface area contributed by atoms with Crippen LogP contribution in [0.3, 0.4) is 0 Å². The monoisotopic (exact) mass is 142 g/mol. The molecule has 0 aromatic heterocycles. The van der Waals surface area contributed by atoms with Gasteiger partial charge in [0, 0.05) is 0 Å². The van der Waals surface area contributed by atoms with Crippen LogP contribution in [0.2, 0.25) is 0 Å². The molecule has 2 heteroatoms. The largest absolute Gasteiger partial charge is 0.862 e. The second-order valence-electron chi connectivity index (χ2n) is 2.87. The van der Waals surface area contributed by atoms with E-state index in [1.807, 2.05) is 6.92 Å². The van der Waals surface area contributed by atoms with Crippen LogP contribution in [0.1, 0.15) is 39.5 Å². The molecule has 0 saturated heterocycles. The zero-order chi connectivity index (χ0) is 7.98. The van der Waals surface area contributed by atoms with E-state index >= 15 is 0 Å². The Morgan fingerprint density at radius 1 is 1.60 bits per heavy atom. The summed E-state index contributed by atoms with van der Waals surface area (Å²) in [5.41, 5.74) is 0. The highest BCUT2D eigenvalue weighted by molar-refractivity contribution is 5.67. The fourth-order valence-electron chi connectivity index (χ4n) is 0.971. The topological polar surface area (TPSA) is 46.9 Å². The Morgan fingerprint density at radius 3 is 2.60 bits per heavy atom. The van der Waals surface area contributed by atoms with Crippen molar-refractivity contribution in [2.24, 2.45) is 5.92 Å². The first-order valence-electron chi connectivity index (χ1n) is 3.91. The molecule has 0 bridgehead atoms. The van der Waals surface area contributed by atoms with Crippen LogP contribution in [0, 0.1) is 11.3 Å². The van der Waals surface area contributed by atoms with E-state index in [0.29, 0.717) is 12.3 Å². The van der Waals surface area contributed by atoms with E-state index in [4.69, 9.17) is 5.41 Å². The maximum absolute atomic E-state index is 10.3. The van der Waals surface area contributed by atoms with Crippen LogP contribution in [0.4, 0.5) is 0 Å². The van der Waals surface area contributed by atoms with Crippen molar-refractivity contribution in [3.8, 4) is 0 Å². The van der Waals surface area contributed by atoms with E-state index < -0.39 is 5.90 Å². The maximum Gasteiger partial charge on any atom is -0.0228 e. The van der Waals surface area contributed by atoms with E-state index in [9.17, 15) is 5.11 Å². The average molecular weight is 142 g/mol. The number of hydrogen-bond acceptors (Lipinski definition) is 2. The van der Waals surface area contributed by atoms with Gasteiger partial charge in [-0.25, -0.2) is 0 Å². The van der Waals surface area contributed by atoms with E-state index in [2.05, 4.69) is 6.92 Å². The lowest BCUT2D eigenvalue weighted by Crippen LogP contribution is -2.18. The van der Waals surface area contributed by atoms with Gasteiger partial charge in [0.1, 0.15) is 0 Å². The van der Waals surface area contributed by atoms with Crippen molar-refractivity contribution in [3.05, 3.63) is 0 Å². The van der Waals surface area contributed by atoms with Gasteiger partial charge >= 0.3 is 0 Å². The third-order valence-electron chi connectivity index (χ3n) is 1.58.